The molecule has 0 unspecified atom stereocenters. The lowest BCUT2D eigenvalue weighted by Crippen LogP contribution is -2.24. The van der Waals surface area contributed by atoms with E-state index in [1.807, 2.05) is 0 Å². The maximum atomic E-state index is 11.6. The fourth-order valence-corrected chi connectivity index (χ4v) is 1.46. The third kappa shape index (κ3) is 4.18. The summed E-state index contributed by atoms with van der Waals surface area (Å²) in [6.07, 6.45) is 1.27. The van der Waals surface area contributed by atoms with Gasteiger partial charge in [0.25, 0.3) is 5.91 Å². The van der Waals surface area contributed by atoms with E-state index in [-0.39, 0.29) is 18.1 Å². The van der Waals surface area contributed by atoms with Gasteiger partial charge < -0.3 is 14.9 Å². The van der Waals surface area contributed by atoms with Gasteiger partial charge in [0.2, 0.25) is 5.76 Å². The van der Waals surface area contributed by atoms with Crippen molar-refractivity contribution in [2.45, 2.75) is 26.2 Å². The molecule has 7 heteroatoms. The number of aliphatic carboxylic acids is 1. The number of hydrogen-bond acceptors (Lipinski definition) is 4. The number of nitrogens with zero attached hydrogens (tertiary/aromatic N) is 1. The molecular formula is C10H13BrN2O4. The zero-order valence-electron chi connectivity index (χ0n) is 9.33. The summed E-state index contributed by atoms with van der Waals surface area (Å²) in [5.74, 6) is -0.988. The van der Waals surface area contributed by atoms with Crippen LogP contribution in [0, 0.1) is 6.92 Å². The third-order valence-corrected chi connectivity index (χ3v) is 2.92. The molecule has 1 aromatic rings. The number of hydrogen-bond donors (Lipinski definition) is 2. The molecule has 2 N–H and O–H groups in total. The van der Waals surface area contributed by atoms with Crippen LogP contribution in [0.2, 0.25) is 0 Å². The lowest BCUT2D eigenvalue weighted by molar-refractivity contribution is -0.137. The Bertz CT molecular complexity index is 416. The van der Waals surface area contributed by atoms with Crippen molar-refractivity contribution >= 4 is 27.8 Å². The average molecular weight is 305 g/mol. The van der Waals surface area contributed by atoms with Crippen LogP contribution in [0.4, 0.5) is 0 Å². The Morgan fingerprint density at radius 1 is 1.47 bits per heavy atom. The van der Waals surface area contributed by atoms with Crippen LogP contribution in [0.1, 0.15) is 35.4 Å². The minimum atomic E-state index is -0.827. The molecule has 1 amide bonds. The van der Waals surface area contributed by atoms with Crippen molar-refractivity contribution in [3.05, 3.63) is 15.9 Å². The predicted octanol–water partition coefficient (Wildman–Crippen LogP) is 1.73. The Morgan fingerprint density at radius 3 is 2.71 bits per heavy atom. The van der Waals surface area contributed by atoms with Gasteiger partial charge in [-0.2, -0.15) is 0 Å². The number of nitrogens with one attached hydrogen (secondary N) is 1. The Labute approximate surface area is 106 Å². The van der Waals surface area contributed by atoms with Gasteiger partial charge >= 0.3 is 5.97 Å². The minimum Gasteiger partial charge on any atom is -0.481 e. The highest BCUT2D eigenvalue weighted by molar-refractivity contribution is 9.10. The van der Waals surface area contributed by atoms with Gasteiger partial charge in [0, 0.05) is 18.5 Å². The number of unbranched alkanes of at least 4 members (excludes halogenated alkanes) is 1. The first kappa shape index (κ1) is 13.7. The zero-order chi connectivity index (χ0) is 12.8. The van der Waals surface area contributed by atoms with Gasteiger partial charge in [0.05, 0.1) is 0 Å². The lowest BCUT2D eigenvalue weighted by Gasteiger charge is -2.02. The molecule has 1 aromatic heterocycles. The van der Waals surface area contributed by atoms with Crippen LogP contribution in [0.15, 0.2) is 9.13 Å². The van der Waals surface area contributed by atoms with Crippen LogP contribution in [0.3, 0.4) is 0 Å². The van der Waals surface area contributed by atoms with Gasteiger partial charge in [-0.1, -0.05) is 5.16 Å². The molecule has 0 atom stereocenters. The molecule has 0 aromatic carbocycles. The van der Waals surface area contributed by atoms with Crippen LogP contribution in [0.5, 0.6) is 0 Å². The highest BCUT2D eigenvalue weighted by atomic mass is 79.9. The van der Waals surface area contributed by atoms with Crippen molar-refractivity contribution in [1.29, 1.82) is 0 Å². The van der Waals surface area contributed by atoms with Gasteiger partial charge in [0.15, 0.2) is 4.60 Å². The van der Waals surface area contributed by atoms with E-state index in [0.717, 1.165) is 0 Å². The fraction of sp³-hybridized carbons (Fsp3) is 0.500. The van der Waals surface area contributed by atoms with Gasteiger partial charge in [-0.3, -0.25) is 9.59 Å². The van der Waals surface area contributed by atoms with Gasteiger partial charge in [-0.25, -0.2) is 0 Å². The van der Waals surface area contributed by atoms with E-state index in [0.29, 0.717) is 29.6 Å². The van der Waals surface area contributed by atoms with Gasteiger partial charge in [-0.15, -0.1) is 0 Å². The van der Waals surface area contributed by atoms with E-state index in [1.54, 1.807) is 6.92 Å². The number of rotatable bonds is 6. The molecule has 94 valence electrons. The molecule has 1 heterocycles. The number of halogens is 1. The van der Waals surface area contributed by atoms with Crippen LogP contribution in [-0.2, 0) is 4.79 Å². The monoisotopic (exact) mass is 304 g/mol. The second-order valence-corrected chi connectivity index (χ2v) is 4.29. The quantitative estimate of drug-likeness (QED) is 0.781. The van der Waals surface area contributed by atoms with Crippen molar-refractivity contribution in [3.8, 4) is 0 Å². The summed E-state index contributed by atoms with van der Waals surface area (Å²) in [6.45, 7) is 2.14. The maximum Gasteiger partial charge on any atom is 0.303 e. The van der Waals surface area contributed by atoms with E-state index in [1.165, 1.54) is 0 Å². The second kappa shape index (κ2) is 6.39. The summed E-state index contributed by atoms with van der Waals surface area (Å²) in [4.78, 5) is 21.8. The topological polar surface area (TPSA) is 92.4 Å². The number of carbonyl (C=O) groups is 2. The molecule has 0 saturated heterocycles. The Morgan fingerprint density at radius 2 is 2.18 bits per heavy atom. The van der Waals surface area contributed by atoms with Gasteiger partial charge in [0.1, 0.15) is 0 Å². The van der Waals surface area contributed by atoms with Crippen LogP contribution < -0.4 is 5.32 Å². The van der Waals surface area contributed by atoms with Crippen LogP contribution in [0.25, 0.3) is 0 Å². The molecular weight excluding hydrogens is 292 g/mol. The third-order valence-electron chi connectivity index (χ3n) is 2.18. The summed E-state index contributed by atoms with van der Waals surface area (Å²) < 4.78 is 5.36. The van der Waals surface area contributed by atoms with E-state index in [4.69, 9.17) is 9.63 Å². The molecule has 0 aliphatic carbocycles. The number of amides is 1. The van der Waals surface area contributed by atoms with Crippen molar-refractivity contribution in [2.75, 3.05) is 6.54 Å². The second-order valence-electron chi connectivity index (χ2n) is 3.53. The summed E-state index contributed by atoms with van der Waals surface area (Å²) in [6, 6.07) is 0. The van der Waals surface area contributed by atoms with Crippen molar-refractivity contribution < 1.29 is 19.2 Å². The minimum absolute atomic E-state index is 0.114. The molecule has 0 saturated carbocycles. The normalized spacial score (nSPS) is 10.2. The summed E-state index contributed by atoms with van der Waals surface area (Å²) >= 11 is 3.14. The largest absolute Gasteiger partial charge is 0.481 e. The first-order valence-corrected chi connectivity index (χ1v) is 5.93. The molecule has 0 radical (unpaired) electrons. The Hall–Kier alpha value is -1.37. The van der Waals surface area contributed by atoms with E-state index < -0.39 is 5.97 Å². The highest BCUT2D eigenvalue weighted by Crippen LogP contribution is 2.17. The molecule has 0 aliphatic heterocycles. The van der Waals surface area contributed by atoms with Crippen LogP contribution in [-0.4, -0.2) is 28.7 Å². The lowest BCUT2D eigenvalue weighted by atomic mass is 10.2. The van der Waals surface area contributed by atoms with E-state index in [9.17, 15) is 9.59 Å². The van der Waals surface area contributed by atoms with Crippen molar-refractivity contribution in [1.82, 2.24) is 10.5 Å². The number of aromatic nitrogens is 1. The summed E-state index contributed by atoms with van der Waals surface area (Å²) in [7, 11) is 0. The summed E-state index contributed by atoms with van der Waals surface area (Å²) in [5.41, 5.74) is 0.646. The number of carbonyl (C=O) groups excluding carboxylic acids is 1. The Balaban J connectivity index is 2.31. The number of carboxylic acids is 1. The van der Waals surface area contributed by atoms with Gasteiger partial charge in [-0.05, 0) is 35.7 Å². The zero-order valence-corrected chi connectivity index (χ0v) is 10.9. The predicted molar refractivity (Wildman–Crippen MR) is 62.8 cm³/mol. The first-order chi connectivity index (χ1) is 8.02. The molecule has 17 heavy (non-hydrogen) atoms. The average Bonchev–Trinajstić information content (AvgIpc) is 2.59. The van der Waals surface area contributed by atoms with Crippen molar-refractivity contribution in [3.63, 3.8) is 0 Å². The molecule has 0 spiro atoms. The maximum absolute atomic E-state index is 11.6. The Kier molecular flexibility index (Phi) is 5.14. The molecule has 0 fully saturated rings. The standard InChI is InChI=1S/C10H13BrN2O4/c1-6-8(17-13-9(6)11)10(16)12-5-3-2-4-7(14)15/h2-5H2,1H3,(H,12,16)(H,14,15). The summed E-state index contributed by atoms with van der Waals surface area (Å²) in [5, 5.41) is 14.7. The fourth-order valence-electron chi connectivity index (χ4n) is 1.21. The van der Waals surface area contributed by atoms with Crippen molar-refractivity contribution in [2.24, 2.45) is 0 Å². The SMILES string of the molecule is Cc1c(Br)noc1C(=O)NCCCCC(=O)O. The molecule has 0 aliphatic rings. The van der Waals surface area contributed by atoms with E-state index >= 15 is 0 Å². The smallest absolute Gasteiger partial charge is 0.303 e. The molecule has 1 rings (SSSR count). The first-order valence-electron chi connectivity index (χ1n) is 5.14. The molecule has 6 nitrogen and oxygen atoms in total. The van der Waals surface area contributed by atoms with Crippen LogP contribution >= 0.6 is 15.9 Å². The highest BCUT2D eigenvalue weighted by Gasteiger charge is 2.16. The van der Waals surface area contributed by atoms with E-state index in [2.05, 4.69) is 26.4 Å². The number of carboxylic acid groups (broad SMARTS) is 1. The molecule has 0 bridgehead atoms.